The number of anilines is 1. The van der Waals surface area contributed by atoms with Crippen LogP contribution in [0.5, 0.6) is 0 Å². The quantitative estimate of drug-likeness (QED) is 0.315. The van der Waals surface area contributed by atoms with E-state index < -0.39 is 10.0 Å². The first-order valence-corrected chi connectivity index (χ1v) is 12.4. The van der Waals surface area contributed by atoms with Crippen molar-refractivity contribution in [3.63, 3.8) is 0 Å². The van der Waals surface area contributed by atoms with Gasteiger partial charge in [-0.25, -0.2) is 13.1 Å². The number of hydrogen-bond acceptors (Lipinski definition) is 4. The lowest BCUT2D eigenvalue weighted by molar-refractivity contribution is 0.582. The molecule has 1 saturated heterocycles. The van der Waals surface area contributed by atoms with Gasteiger partial charge >= 0.3 is 0 Å². The molecule has 1 heterocycles. The summed E-state index contributed by atoms with van der Waals surface area (Å²) in [6.45, 7) is 7.64. The fraction of sp³-hybridized carbons (Fsp3) is 0.435. The largest absolute Gasteiger partial charge is 0.372 e. The van der Waals surface area contributed by atoms with Crippen LogP contribution in [0, 0.1) is 0 Å². The van der Waals surface area contributed by atoms with Crippen LogP contribution in [0.2, 0.25) is 0 Å². The van der Waals surface area contributed by atoms with E-state index in [9.17, 15) is 8.42 Å². The maximum atomic E-state index is 12.3. The van der Waals surface area contributed by atoms with Crippen LogP contribution in [0.15, 0.2) is 64.5 Å². The van der Waals surface area contributed by atoms with Crippen LogP contribution in [-0.4, -0.2) is 47.1 Å². The first kappa shape index (κ1) is 23.1. The van der Waals surface area contributed by atoms with Gasteiger partial charge < -0.3 is 15.5 Å². The molecule has 1 fully saturated rings. The van der Waals surface area contributed by atoms with Crippen LogP contribution in [0.3, 0.4) is 0 Å². The number of nitrogens with one attached hydrogen (secondary N) is 3. The van der Waals surface area contributed by atoms with Crippen molar-refractivity contribution in [3.05, 3.63) is 60.2 Å². The fourth-order valence-corrected chi connectivity index (χ4v) is 4.65. The number of sulfonamides is 1. The summed E-state index contributed by atoms with van der Waals surface area (Å²) < 4.78 is 27.2. The molecule has 0 bridgehead atoms. The minimum atomic E-state index is -3.51. The number of rotatable bonds is 9. The number of hydrogen-bond donors (Lipinski definition) is 3. The summed E-state index contributed by atoms with van der Waals surface area (Å²) in [5, 5.41) is 6.66. The van der Waals surface area contributed by atoms with Gasteiger partial charge in [-0.2, -0.15) is 0 Å². The van der Waals surface area contributed by atoms with E-state index in [0.717, 1.165) is 19.6 Å². The molecule has 1 atom stereocenters. The topological polar surface area (TPSA) is 85.8 Å². The summed E-state index contributed by atoms with van der Waals surface area (Å²) in [6, 6.07) is 17.1. The van der Waals surface area contributed by atoms with E-state index in [0.29, 0.717) is 12.5 Å². The minimum absolute atomic E-state index is 0.0707. The smallest absolute Gasteiger partial charge is 0.240 e. The molecule has 0 aromatic heterocycles. The van der Waals surface area contributed by atoms with E-state index in [2.05, 4.69) is 56.4 Å². The van der Waals surface area contributed by atoms with Gasteiger partial charge in [-0.05, 0) is 56.5 Å². The number of guanidine groups is 1. The van der Waals surface area contributed by atoms with Gasteiger partial charge in [0.05, 0.1) is 17.5 Å². The molecule has 0 aliphatic carbocycles. The van der Waals surface area contributed by atoms with E-state index in [-0.39, 0.29) is 17.5 Å². The van der Waals surface area contributed by atoms with Crippen LogP contribution in [-0.2, 0) is 10.0 Å². The second-order valence-electron chi connectivity index (χ2n) is 7.63. The lowest BCUT2D eigenvalue weighted by Crippen LogP contribution is -2.39. The second-order valence-corrected chi connectivity index (χ2v) is 9.39. The zero-order valence-corrected chi connectivity index (χ0v) is 19.2. The Bertz CT molecular complexity index is 957. The highest BCUT2D eigenvalue weighted by Crippen LogP contribution is 2.23. The van der Waals surface area contributed by atoms with Crippen LogP contribution < -0.4 is 20.3 Å². The van der Waals surface area contributed by atoms with Crippen molar-refractivity contribution in [1.29, 1.82) is 0 Å². The van der Waals surface area contributed by atoms with Gasteiger partial charge in [-0.15, -0.1) is 0 Å². The Kier molecular flexibility index (Phi) is 8.31. The van der Waals surface area contributed by atoms with Crippen molar-refractivity contribution >= 4 is 21.7 Å². The Labute approximate surface area is 186 Å². The predicted octanol–water partition coefficient (Wildman–Crippen LogP) is 2.88. The summed E-state index contributed by atoms with van der Waals surface area (Å²) in [4.78, 5) is 7.22. The Morgan fingerprint density at radius 1 is 1.10 bits per heavy atom. The molecular formula is C23H33N5O2S. The third-order valence-corrected chi connectivity index (χ3v) is 6.74. The first-order chi connectivity index (χ1) is 15.0. The van der Waals surface area contributed by atoms with Crippen LogP contribution in [0.25, 0.3) is 0 Å². The van der Waals surface area contributed by atoms with Crippen LogP contribution in [0.4, 0.5) is 5.69 Å². The third kappa shape index (κ3) is 6.70. The van der Waals surface area contributed by atoms with Gasteiger partial charge in [0.25, 0.3) is 0 Å². The van der Waals surface area contributed by atoms with Crippen molar-refractivity contribution in [2.75, 3.05) is 37.6 Å². The van der Waals surface area contributed by atoms with Crippen molar-refractivity contribution in [2.24, 2.45) is 4.99 Å². The summed E-state index contributed by atoms with van der Waals surface area (Å²) >= 11 is 0. The third-order valence-electron chi connectivity index (χ3n) is 5.27. The fourth-order valence-electron chi connectivity index (χ4n) is 3.61. The number of benzene rings is 2. The van der Waals surface area contributed by atoms with Gasteiger partial charge in [-0.3, -0.25) is 4.99 Å². The summed E-state index contributed by atoms with van der Waals surface area (Å²) in [7, 11) is -3.51. The molecule has 0 amide bonds. The Morgan fingerprint density at radius 3 is 2.55 bits per heavy atom. The summed E-state index contributed by atoms with van der Waals surface area (Å²) in [5.41, 5.74) is 2.46. The summed E-state index contributed by atoms with van der Waals surface area (Å²) in [6.07, 6.45) is 2.51. The average Bonchev–Trinajstić information content (AvgIpc) is 3.32. The molecule has 168 valence electrons. The van der Waals surface area contributed by atoms with Gasteiger partial charge in [0.15, 0.2) is 5.96 Å². The van der Waals surface area contributed by atoms with E-state index >= 15 is 0 Å². The lowest BCUT2D eigenvalue weighted by atomic mass is 10.1. The molecule has 1 aliphatic heterocycles. The molecule has 8 heteroatoms. The van der Waals surface area contributed by atoms with Crippen LogP contribution in [0.1, 0.15) is 38.3 Å². The molecule has 0 spiro atoms. The maximum Gasteiger partial charge on any atom is 0.240 e. The van der Waals surface area contributed by atoms with E-state index in [1.807, 2.05) is 6.92 Å². The molecular weight excluding hydrogens is 410 g/mol. The highest BCUT2D eigenvalue weighted by atomic mass is 32.2. The average molecular weight is 444 g/mol. The highest BCUT2D eigenvalue weighted by Gasteiger charge is 2.15. The Morgan fingerprint density at radius 2 is 1.84 bits per heavy atom. The van der Waals surface area contributed by atoms with Crippen molar-refractivity contribution < 1.29 is 8.42 Å². The van der Waals surface area contributed by atoms with E-state index in [4.69, 9.17) is 0 Å². The molecule has 31 heavy (non-hydrogen) atoms. The van der Waals surface area contributed by atoms with E-state index in [1.54, 1.807) is 30.3 Å². The van der Waals surface area contributed by atoms with Gasteiger partial charge in [0, 0.05) is 31.9 Å². The minimum Gasteiger partial charge on any atom is -0.372 e. The second kappa shape index (κ2) is 11.2. The SMILES string of the molecule is CCNC(=NCCNS(=O)(=O)c1ccccc1)NC(C)c1cccc(N2CCCC2)c1. The molecule has 3 N–H and O–H groups in total. The lowest BCUT2D eigenvalue weighted by Gasteiger charge is -2.22. The van der Waals surface area contributed by atoms with Crippen molar-refractivity contribution in [1.82, 2.24) is 15.4 Å². The normalized spacial score (nSPS) is 15.7. The molecule has 2 aromatic rings. The summed E-state index contributed by atoms with van der Waals surface area (Å²) in [5.74, 6) is 0.667. The standard InChI is InChI=1S/C23H33N5O2S/c1-3-24-23(25-14-15-26-31(29,30)22-12-5-4-6-13-22)27-19(2)20-10-9-11-21(18-20)28-16-7-8-17-28/h4-6,9-13,18-19,26H,3,7-8,14-17H2,1-2H3,(H2,24,25,27). The molecule has 3 rings (SSSR count). The first-order valence-electron chi connectivity index (χ1n) is 10.9. The zero-order valence-electron chi connectivity index (χ0n) is 18.3. The van der Waals surface area contributed by atoms with Crippen LogP contribution >= 0.6 is 0 Å². The van der Waals surface area contributed by atoms with Gasteiger partial charge in [-0.1, -0.05) is 30.3 Å². The Balaban J connectivity index is 1.57. The van der Waals surface area contributed by atoms with Gasteiger partial charge in [0.1, 0.15) is 0 Å². The van der Waals surface area contributed by atoms with Crippen molar-refractivity contribution in [2.45, 2.75) is 37.6 Å². The molecule has 0 radical (unpaired) electrons. The Hall–Kier alpha value is -2.58. The molecule has 1 unspecified atom stereocenters. The monoisotopic (exact) mass is 443 g/mol. The molecule has 7 nitrogen and oxygen atoms in total. The highest BCUT2D eigenvalue weighted by molar-refractivity contribution is 7.89. The molecule has 1 aliphatic rings. The predicted molar refractivity (Wildman–Crippen MR) is 127 cm³/mol. The zero-order chi connectivity index (χ0) is 22.1. The maximum absolute atomic E-state index is 12.3. The molecule has 2 aromatic carbocycles. The molecule has 0 saturated carbocycles. The van der Waals surface area contributed by atoms with E-state index in [1.165, 1.54) is 24.1 Å². The van der Waals surface area contributed by atoms with Gasteiger partial charge in [0.2, 0.25) is 10.0 Å². The number of aliphatic imine (C=N–C) groups is 1. The number of nitrogens with zero attached hydrogens (tertiary/aromatic N) is 2. The van der Waals surface area contributed by atoms with Crippen molar-refractivity contribution in [3.8, 4) is 0 Å².